The molecule has 1 aliphatic rings. The van der Waals surface area contributed by atoms with Crippen LogP contribution in [0.4, 0.5) is 5.69 Å². The normalized spacial score (nSPS) is 16.4. The summed E-state index contributed by atoms with van der Waals surface area (Å²) >= 11 is 0. The third-order valence-corrected chi connectivity index (χ3v) is 5.83. The molecular formula is C24H31N3O5. The number of benzene rings is 2. The van der Waals surface area contributed by atoms with E-state index >= 15 is 0 Å². The molecule has 1 aliphatic heterocycles. The number of methoxy groups -OCH3 is 1. The number of amides is 1. The highest BCUT2D eigenvalue weighted by Crippen LogP contribution is 2.34. The van der Waals surface area contributed by atoms with Gasteiger partial charge in [0.2, 0.25) is 0 Å². The topological polar surface area (TPSA) is 93.9 Å². The Labute approximate surface area is 188 Å². The standard InChI is InChI=1S/C24H31N3O5/c1-4-32-23-13-20(21(27(29)30)14-22(23)31-3)24(28)25-15-18-8-10-19(11-9-18)16-26-12-6-5-7-17(26)2/h8-11,13-14,17H,4-7,12,15-16H2,1-3H3,(H,25,28)/t17-/m0/s1. The van der Waals surface area contributed by atoms with Gasteiger partial charge in [-0.15, -0.1) is 0 Å². The van der Waals surface area contributed by atoms with Gasteiger partial charge in [0.25, 0.3) is 11.6 Å². The number of rotatable bonds is 9. The zero-order valence-electron chi connectivity index (χ0n) is 18.9. The van der Waals surface area contributed by atoms with Crippen LogP contribution in [0.25, 0.3) is 0 Å². The van der Waals surface area contributed by atoms with Crippen LogP contribution in [-0.4, -0.2) is 42.0 Å². The van der Waals surface area contributed by atoms with E-state index in [9.17, 15) is 14.9 Å². The minimum atomic E-state index is -0.594. The molecule has 1 saturated heterocycles. The van der Waals surface area contributed by atoms with Crippen molar-refractivity contribution in [1.29, 1.82) is 0 Å². The number of ether oxygens (including phenoxy) is 2. The maximum atomic E-state index is 12.7. The zero-order chi connectivity index (χ0) is 23.1. The largest absolute Gasteiger partial charge is 0.493 e. The molecule has 0 unspecified atom stereocenters. The summed E-state index contributed by atoms with van der Waals surface area (Å²) in [5.74, 6) is -0.0257. The Morgan fingerprint density at radius 2 is 1.91 bits per heavy atom. The lowest BCUT2D eigenvalue weighted by Crippen LogP contribution is -2.36. The molecule has 2 aromatic rings. The first-order valence-electron chi connectivity index (χ1n) is 11.0. The Kier molecular flexibility index (Phi) is 8.05. The van der Waals surface area contributed by atoms with Crippen molar-refractivity contribution in [2.75, 3.05) is 20.3 Å². The van der Waals surface area contributed by atoms with Gasteiger partial charge in [-0.3, -0.25) is 19.8 Å². The molecule has 0 aliphatic carbocycles. The molecule has 0 spiro atoms. The van der Waals surface area contributed by atoms with Gasteiger partial charge in [0.05, 0.1) is 24.7 Å². The van der Waals surface area contributed by atoms with Crippen LogP contribution < -0.4 is 14.8 Å². The average Bonchev–Trinajstić information content (AvgIpc) is 2.79. The lowest BCUT2D eigenvalue weighted by atomic mass is 10.0. The number of likely N-dealkylation sites (tertiary alicyclic amines) is 1. The van der Waals surface area contributed by atoms with Crippen molar-refractivity contribution in [1.82, 2.24) is 10.2 Å². The van der Waals surface area contributed by atoms with E-state index < -0.39 is 10.8 Å². The summed E-state index contributed by atoms with van der Waals surface area (Å²) in [6.07, 6.45) is 3.79. The third kappa shape index (κ3) is 5.76. The van der Waals surface area contributed by atoms with E-state index in [4.69, 9.17) is 9.47 Å². The number of hydrogen-bond acceptors (Lipinski definition) is 6. The summed E-state index contributed by atoms with van der Waals surface area (Å²) in [7, 11) is 1.40. The van der Waals surface area contributed by atoms with E-state index in [1.54, 1.807) is 6.92 Å². The van der Waals surface area contributed by atoms with E-state index in [0.717, 1.165) is 18.7 Å². The molecule has 1 atom stereocenters. The highest BCUT2D eigenvalue weighted by molar-refractivity contribution is 5.99. The highest BCUT2D eigenvalue weighted by atomic mass is 16.6. The summed E-state index contributed by atoms with van der Waals surface area (Å²) in [6.45, 7) is 6.73. The quantitative estimate of drug-likeness (QED) is 0.460. The van der Waals surface area contributed by atoms with Gasteiger partial charge in [0.15, 0.2) is 11.5 Å². The van der Waals surface area contributed by atoms with E-state index in [0.29, 0.717) is 18.4 Å². The van der Waals surface area contributed by atoms with Crippen LogP contribution in [0.15, 0.2) is 36.4 Å². The lowest BCUT2D eigenvalue weighted by Gasteiger charge is -2.33. The van der Waals surface area contributed by atoms with Gasteiger partial charge in [-0.2, -0.15) is 0 Å². The van der Waals surface area contributed by atoms with E-state index in [2.05, 4.69) is 29.3 Å². The number of hydrogen-bond donors (Lipinski definition) is 1. The molecule has 3 rings (SSSR count). The Bertz CT molecular complexity index is 945. The van der Waals surface area contributed by atoms with Crippen LogP contribution in [0.2, 0.25) is 0 Å². The highest BCUT2D eigenvalue weighted by Gasteiger charge is 2.24. The first kappa shape index (κ1) is 23.5. The number of nitrogens with one attached hydrogen (secondary N) is 1. The number of carbonyl (C=O) groups is 1. The molecule has 0 bridgehead atoms. The molecule has 1 amide bonds. The number of nitrogens with zero attached hydrogens (tertiary/aromatic N) is 2. The maximum absolute atomic E-state index is 12.7. The summed E-state index contributed by atoms with van der Waals surface area (Å²) in [4.78, 5) is 26.1. The fraction of sp³-hybridized carbons (Fsp3) is 0.458. The molecule has 32 heavy (non-hydrogen) atoms. The molecule has 0 radical (unpaired) electrons. The van der Waals surface area contributed by atoms with Crippen molar-refractivity contribution in [3.05, 3.63) is 63.2 Å². The molecule has 0 saturated carbocycles. The van der Waals surface area contributed by atoms with Gasteiger partial charge in [0.1, 0.15) is 5.56 Å². The second-order valence-corrected chi connectivity index (χ2v) is 8.02. The number of piperidine rings is 1. The van der Waals surface area contributed by atoms with Crippen LogP contribution in [0.5, 0.6) is 11.5 Å². The van der Waals surface area contributed by atoms with Crippen LogP contribution in [-0.2, 0) is 13.1 Å². The molecule has 172 valence electrons. The van der Waals surface area contributed by atoms with Gasteiger partial charge in [-0.05, 0) is 44.4 Å². The van der Waals surface area contributed by atoms with Gasteiger partial charge in [0, 0.05) is 25.2 Å². The number of nitro groups is 1. The average molecular weight is 442 g/mol. The van der Waals surface area contributed by atoms with Crippen molar-refractivity contribution in [2.24, 2.45) is 0 Å². The van der Waals surface area contributed by atoms with Gasteiger partial charge in [-0.25, -0.2) is 0 Å². The van der Waals surface area contributed by atoms with Crippen LogP contribution >= 0.6 is 0 Å². The summed E-state index contributed by atoms with van der Waals surface area (Å²) in [6, 6.07) is 11.3. The van der Waals surface area contributed by atoms with Crippen molar-refractivity contribution in [3.8, 4) is 11.5 Å². The van der Waals surface area contributed by atoms with Crippen molar-refractivity contribution in [2.45, 2.75) is 52.2 Å². The summed E-state index contributed by atoms with van der Waals surface area (Å²) in [5, 5.41) is 14.3. The summed E-state index contributed by atoms with van der Waals surface area (Å²) in [5.41, 5.74) is 1.78. The zero-order valence-corrected chi connectivity index (χ0v) is 18.9. The summed E-state index contributed by atoms with van der Waals surface area (Å²) < 4.78 is 10.6. The first-order chi connectivity index (χ1) is 15.4. The molecule has 2 aromatic carbocycles. The van der Waals surface area contributed by atoms with Crippen molar-refractivity contribution < 1.29 is 19.2 Å². The van der Waals surface area contributed by atoms with Gasteiger partial charge >= 0.3 is 0 Å². The fourth-order valence-corrected chi connectivity index (χ4v) is 3.98. The van der Waals surface area contributed by atoms with Crippen LogP contribution in [0, 0.1) is 10.1 Å². The number of nitro benzene ring substituents is 1. The SMILES string of the molecule is CCOc1cc(C(=O)NCc2ccc(CN3CCCC[C@@H]3C)cc2)c([N+](=O)[O-])cc1OC. The smallest absolute Gasteiger partial charge is 0.286 e. The van der Waals surface area contributed by atoms with E-state index in [1.165, 1.54) is 44.1 Å². The fourth-order valence-electron chi connectivity index (χ4n) is 3.98. The predicted molar refractivity (Wildman–Crippen MR) is 122 cm³/mol. The monoisotopic (exact) mass is 441 g/mol. The Hall–Kier alpha value is -3.13. The van der Waals surface area contributed by atoms with Crippen molar-refractivity contribution >= 4 is 11.6 Å². The lowest BCUT2D eigenvalue weighted by molar-refractivity contribution is -0.385. The Morgan fingerprint density at radius 3 is 2.53 bits per heavy atom. The first-order valence-corrected chi connectivity index (χ1v) is 11.0. The Balaban J connectivity index is 1.67. The van der Waals surface area contributed by atoms with Crippen LogP contribution in [0.3, 0.4) is 0 Å². The molecule has 0 aromatic heterocycles. The second kappa shape index (κ2) is 10.9. The van der Waals surface area contributed by atoms with Crippen LogP contribution in [0.1, 0.15) is 54.6 Å². The minimum absolute atomic E-state index is 0.0602. The molecule has 1 heterocycles. The Morgan fingerprint density at radius 1 is 1.19 bits per heavy atom. The molecular weight excluding hydrogens is 410 g/mol. The molecule has 1 fully saturated rings. The van der Waals surface area contributed by atoms with Gasteiger partial charge < -0.3 is 14.8 Å². The predicted octanol–water partition coefficient (Wildman–Crippen LogP) is 4.31. The minimum Gasteiger partial charge on any atom is -0.493 e. The van der Waals surface area contributed by atoms with Gasteiger partial charge in [-0.1, -0.05) is 30.7 Å². The third-order valence-electron chi connectivity index (χ3n) is 5.83. The number of carbonyl (C=O) groups excluding carboxylic acids is 1. The van der Waals surface area contributed by atoms with Crippen molar-refractivity contribution in [3.63, 3.8) is 0 Å². The molecule has 1 N–H and O–H groups in total. The maximum Gasteiger partial charge on any atom is 0.286 e. The van der Waals surface area contributed by atoms with E-state index in [-0.39, 0.29) is 23.5 Å². The molecule has 8 nitrogen and oxygen atoms in total. The van der Waals surface area contributed by atoms with E-state index in [1.807, 2.05) is 12.1 Å². The molecule has 8 heteroatoms. The second-order valence-electron chi connectivity index (χ2n) is 8.02.